The topological polar surface area (TPSA) is 154 Å². The van der Waals surface area contributed by atoms with Crippen molar-refractivity contribution < 1.29 is 24.6 Å². The molecule has 1 atom stereocenters. The summed E-state index contributed by atoms with van der Waals surface area (Å²) in [5, 5.41) is 26.3. The lowest BCUT2D eigenvalue weighted by molar-refractivity contribution is -0.147. The predicted molar refractivity (Wildman–Crippen MR) is 54.1 cm³/mol. The average Bonchev–Trinajstić information content (AvgIpc) is 2.28. The van der Waals surface area contributed by atoms with Gasteiger partial charge in [-0.25, -0.2) is 5.84 Å². The molecule has 0 heterocycles. The molecular weight excluding hydrogens is 230 g/mol. The van der Waals surface area contributed by atoms with Crippen molar-refractivity contribution in [3.8, 4) is 6.07 Å². The first-order valence-electron chi connectivity index (χ1n) is 4.74. The monoisotopic (exact) mass is 243 g/mol. The fraction of sp³-hybridized carbons (Fsp3) is 0.556. The Morgan fingerprint density at radius 3 is 2.12 bits per heavy atom. The Hall–Kier alpha value is -2.14. The minimum Gasteiger partial charge on any atom is -0.481 e. The molecule has 0 radical (unpaired) electrons. The van der Waals surface area contributed by atoms with Crippen LogP contribution in [0.2, 0.25) is 0 Å². The van der Waals surface area contributed by atoms with E-state index in [4.69, 9.17) is 21.3 Å². The maximum absolute atomic E-state index is 11.0. The Morgan fingerprint density at radius 2 is 1.76 bits per heavy atom. The summed E-state index contributed by atoms with van der Waals surface area (Å²) in [6, 6.07) is 1.57. The molecule has 0 aliphatic rings. The predicted octanol–water partition coefficient (Wildman–Crippen LogP) is -0.784. The van der Waals surface area contributed by atoms with Crippen molar-refractivity contribution in [3.63, 3.8) is 0 Å². The van der Waals surface area contributed by atoms with Crippen LogP contribution in [0.25, 0.3) is 0 Å². The zero-order chi connectivity index (χ0) is 13.5. The number of nitrogens with zero attached hydrogens (tertiary/aromatic N) is 1. The molecule has 8 heteroatoms. The average molecular weight is 243 g/mol. The quantitative estimate of drug-likeness (QED) is 0.259. The number of nitriles is 1. The summed E-state index contributed by atoms with van der Waals surface area (Å²) in [4.78, 5) is 32.2. The Morgan fingerprint density at radius 1 is 1.24 bits per heavy atom. The number of amides is 1. The van der Waals surface area contributed by atoms with E-state index in [1.807, 2.05) is 5.43 Å². The summed E-state index contributed by atoms with van der Waals surface area (Å²) < 4.78 is 0. The third-order valence-electron chi connectivity index (χ3n) is 2.33. The second kappa shape index (κ2) is 6.44. The molecule has 0 bridgehead atoms. The van der Waals surface area contributed by atoms with Crippen LogP contribution in [0.5, 0.6) is 0 Å². The summed E-state index contributed by atoms with van der Waals surface area (Å²) in [5.41, 5.74) is -0.0623. The highest BCUT2D eigenvalue weighted by molar-refractivity contribution is 5.81. The SMILES string of the molecule is N#CC(CCC(=O)O)(CCC(=O)NN)C(=O)O. The number of carboxylic acid groups (broad SMARTS) is 2. The number of hydrazine groups is 1. The van der Waals surface area contributed by atoms with Crippen molar-refractivity contribution in [2.75, 3.05) is 0 Å². The second-order valence-corrected chi connectivity index (χ2v) is 3.46. The molecule has 8 nitrogen and oxygen atoms in total. The first kappa shape index (κ1) is 14.9. The number of carbonyl (C=O) groups excluding carboxylic acids is 1. The minimum absolute atomic E-state index is 0.254. The fourth-order valence-corrected chi connectivity index (χ4v) is 1.22. The van der Waals surface area contributed by atoms with E-state index in [1.54, 1.807) is 6.07 Å². The fourth-order valence-electron chi connectivity index (χ4n) is 1.22. The van der Waals surface area contributed by atoms with E-state index >= 15 is 0 Å². The van der Waals surface area contributed by atoms with Gasteiger partial charge in [-0.1, -0.05) is 0 Å². The maximum Gasteiger partial charge on any atom is 0.324 e. The summed E-state index contributed by atoms with van der Waals surface area (Å²) >= 11 is 0. The van der Waals surface area contributed by atoms with Crippen molar-refractivity contribution in [3.05, 3.63) is 0 Å². The number of rotatable bonds is 7. The molecular formula is C9H13N3O5. The molecule has 1 amide bonds. The van der Waals surface area contributed by atoms with Gasteiger partial charge in [0.15, 0.2) is 5.41 Å². The van der Waals surface area contributed by atoms with Crippen LogP contribution < -0.4 is 11.3 Å². The van der Waals surface area contributed by atoms with Crippen LogP contribution in [-0.2, 0) is 14.4 Å². The Kier molecular flexibility index (Phi) is 5.63. The van der Waals surface area contributed by atoms with E-state index in [9.17, 15) is 14.4 Å². The molecule has 0 aliphatic carbocycles. The number of nitrogens with one attached hydrogen (secondary N) is 1. The van der Waals surface area contributed by atoms with Crippen molar-refractivity contribution in [2.24, 2.45) is 11.3 Å². The van der Waals surface area contributed by atoms with E-state index in [-0.39, 0.29) is 19.3 Å². The third-order valence-corrected chi connectivity index (χ3v) is 2.33. The molecule has 0 fully saturated rings. The lowest BCUT2D eigenvalue weighted by Gasteiger charge is -2.20. The maximum atomic E-state index is 11.0. The lowest BCUT2D eigenvalue weighted by atomic mass is 9.80. The number of aliphatic carboxylic acids is 2. The first-order chi connectivity index (χ1) is 7.88. The molecule has 0 aromatic carbocycles. The Balaban J connectivity index is 4.72. The van der Waals surface area contributed by atoms with Crippen LogP contribution in [0, 0.1) is 16.7 Å². The van der Waals surface area contributed by atoms with Crippen LogP contribution in [-0.4, -0.2) is 28.1 Å². The van der Waals surface area contributed by atoms with Crippen LogP contribution in [0.3, 0.4) is 0 Å². The summed E-state index contributed by atoms with van der Waals surface area (Å²) in [7, 11) is 0. The van der Waals surface area contributed by atoms with Crippen LogP contribution in [0.15, 0.2) is 0 Å². The number of carboxylic acids is 2. The molecule has 0 aliphatic heterocycles. The van der Waals surface area contributed by atoms with Crippen molar-refractivity contribution in [1.29, 1.82) is 5.26 Å². The smallest absolute Gasteiger partial charge is 0.324 e. The summed E-state index contributed by atoms with van der Waals surface area (Å²) in [5.74, 6) is 1.57. The van der Waals surface area contributed by atoms with Crippen molar-refractivity contribution >= 4 is 17.8 Å². The molecule has 1 unspecified atom stereocenters. The van der Waals surface area contributed by atoms with Crippen molar-refractivity contribution in [1.82, 2.24) is 5.43 Å². The van der Waals surface area contributed by atoms with Gasteiger partial charge in [0, 0.05) is 12.8 Å². The molecule has 0 rings (SSSR count). The Bertz CT molecular complexity index is 362. The van der Waals surface area contributed by atoms with E-state index in [1.165, 1.54) is 0 Å². The van der Waals surface area contributed by atoms with Gasteiger partial charge in [-0.15, -0.1) is 0 Å². The zero-order valence-electron chi connectivity index (χ0n) is 8.97. The number of hydrogen-bond donors (Lipinski definition) is 4. The van der Waals surface area contributed by atoms with Gasteiger partial charge in [0.2, 0.25) is 5.91 Å². The first-order valence-corrected chi connectivity index (χ1v) is 4.74. The van der Waals surface area contributed by atoms with Gasteiger partial charge in [0.25, 0.3) is 0 Å². The van der Waals surface area contributed by atoms with Crippen LogP contribution in [0.4, 0.5) is 0 Å². The highest BCUT2D eigenvalue weighted by Crippen LogP contribution is 2.29. The molecule has 0 aromatic heterocycles. The highest BCUT2D eigenvalue weighted by Gasteiger charge is 2.39. The lowest BCUT2D eigenvalue weighted by Crippen LogP contribution is -2.35. The highest BCUT2D eigenvalue weighted by atomic mass is 16.4. The van der Waals surface area contributed by atoms with Crippen LogP contribution >= 0.6 is 0 Å². The number of hydrogen-bond acceptors (Lipinski definition) is 5. The second-order valence-electron chi connectivity index (χ2n) is 3.46. The molecule has 17 heavy (non-hydrogen) atoms. The molecule has 5 N–H and O–H groups in total. The van der Waals surface area contributed by atoms with Crippen molar-refractivity contribution in [2.45, 2.75) is 25.7 Å². The van der Waals surface area contributed by atoms with Gasteiger partial charge < -0.3 is 10.2 Å². The van der Waals surface area contributed by atoms with E-state index < -0.39 is 29.7 Å². The van der Waals surface area contributed by atoms with Crippen LogP contribution in [0.1, 0.15) is 25.7 Å². The van der Waals surface area contributed by atoms with E-state index in [0.29, 0.717) is 0 Å². The number of carbonyl (C=O) groups is 3. The third kappa shape index (κ3) is 4.48. The number of nitrogens with two attached hydrogens (primary N) is 1. The van der Waals surface area contributed by atoms with E-state index in [2.05, 4.69) is 0 Å². The molecule has 0 saturated carbocycles. The van der Waals surface area contributed by atoms with Gasteiger partial charge >= 0.3 is 11.9 Å². The molecule has 0 aromatic rings. The largest absolute Gasteiger partial charge is 0.481 e. The summed E-state index contributed by atoms with van der Waals surface area (Å²) in [6.07, 6.45) is -1.35. The van der Waals surface area contributed by atoms with Gasteiger partial charge in [-0.05, 0) is 12.8 Å². The standard InChI is InChI=1S/C9H13N3O5/c10-5-9(8(16)17,4-2-7(14)15)3-1-6(13)12-11/h1-4,11H2,(H,12,13)(H,14,15)(H,16,17). The van der Waals surface area contributed by atoms with Gasteiger partial charge in [0.1, 0.15) is 0 Å². The minimum atomic E-state index is -1.87. The van der Waals surface area contributed by atoms with Gasteiger partial charge in [-0.2, -0.15) is 5.26 Å². The molecule has 0 saturated heterocycles. The Labute approximate surface area is 97.0 Å². The molecule has 94 valence electrons. The van der Waals surface area contributed by atoms with E-state index in [0.717, 1.165) is 0 Å². The van der Waals surface area contributed by atoms with Gasteiger partial charge in [0.05, 0.1) is 6.07 Å². The zero-order valence-corrected chi connectivity index (χ0v) is 8.97. The normalized spacial score (nSPS) is 13.2. The summed E-state index contributed by atoms with van der Waals surface area (Å²) in [6.45, 7) is 0. The molecule has 0 spiro atoms. The van der Waals surface area contributed by atoms with Gasteiger partial charge in [-0.3, -0.25) is 19.8 Å².